The van der Waals surface area contributed by atoms with Gasteiger partial charge in [-0.1, -0.05) is 295 Å². The summed E-state index contributed by atoms with van der Waals surface area (Å²) >= 11 is 0. The van der Waals surface area contributed by atoms with Crippen molar-refractivity contribution >= 4 is 19.8 Å². The van der Waals surface area contributed by atoms with Crippen LogP contribution in [-0.4, -0.2) is 70.0 Å². The first-order chi connectivity index (χ1) is 36.5. The van der Waals surface area contributed by atoms with Gasteiger partial charge in [-0.15, -0.1) is 0 Å². The van der Waals surface area contributed by atoms with Crippen molar-refractivity contribution < 1.29 is 42.1 Å². The number of unbranched alkanes of at least 4 members (excludes halogenated alkanes) is 43. The van der Waals surface area contributed by atoms with Crippen molar-refractivity contribution in [3.05, 3.63) is 24.3 Å². The normalized spacial score (nSPS) is 13.3. The van der Waals surface area contributed by atoms with Crippen LogP contribution in [0.1, 0.15) is 328 Å². The van der Waals surface area contributed by atoms with Crippen LogP contribution in [0.15, 0.2) is 24.3 Å². The van der Waals surface area contributed by atoms with Gasteiger partial charge in [-0.25, -0.2) is 0 Å². The molecule has 9 nitrogen and oxygen atoms in total. The second-order valence-corrected chi connectivity index (χ2v) is 24.9. The molecule has 0 heterocycles. The lowest BCUT2D eigenvalue weighted by Gasteiger charge is -2.28. The molecular weight excluding hydrogens is 954 g/mol. The van der Waals surface area contributed by atoms with Crippen LogP contribution in [0, 0.1) is 0 Å². The maximum Gasteiger partial charge on any atom is 0.306 e. The average molecular weight is 1080 g/mol. The molecule has 0 saturated carbocycles. The molecule has 0 N–H and O–H groups in total. The van der Waals surface area contributed by atoms with Crippen LogP contribution in [0.2, 0.25) is 0 Å². The molecule has 0 fully saturated rings. The van der Waals surface area contributed by atoms with Gasteiger partial charge in [-0.05, 0) is 44.9 Å². The first-order valence-electron chi connectivity index (χ1n) is 32.5. The number of quaternary nitrogens is 1. The fourth-order valence-corrected chi connectivity index (χ4v) is 10.4. The van der Waals surface area contributed by atoms with E-state index in [2.05, 4.69) is 38.2 Å². The Bertz CT molecular complexity index is 1320. The van der Waals surface area contributed by atoms with Crippen LogP contribution in [-0.2, 0) is 32.7 Å². The van der Waals surface area contributed by atoms with E-state index in [4.69, 9.17) is 18.5 Å². The second-order valence-electron chi connectivity index (χ2n) is 23.5. The highest BCUT2D eigenvalue weighted by Gasteiger charge is 2.22. The molecule has 0 aromatic rings. The van der Waals surface area contributed by atoms with Crippen molar-refractivity contribution in [1.82, 2.24) is 0 Å². The van der Waals surface area contributed by atoms with E-state index in [1.807, 2.05) is 21.1 Å². The predicted molar refractivity (Wildman–Crippen MR) is 319 cm³/mol. The molecule has 0 saturated heterocycles. The summed E-state index contributed by atoms with van der Waals surface area (Å²) in [6.45, 7) is 4.30. The summed E-state index contributed by atoms with van der Waals surface area (Å²) in [6, 6.07) is 0. The first-order valence-corrected chi connectivity index (χ1v) is 34.0. The zero-order valence-corrected chi connectivity index (χ0v) is 51.4. The summed E-state index contributed by atoms with van der Waals surface area (Å²) < 4.78 is 34.3. The molecular formula is C65H126NO8P. The van der Waals surface area contributed by atoms with Crippen LogP contribution in [0.5, 0.6) is 0 Å². The zero-order chi connectivity index (χ0) is 54.9. The van der Waals surface area contributed by atoms with Gasteiger partial charge in [-0.3, -0.25) is 14.2 Å². The molecule has 0 radical (unpaired) electrons. The van der Waals surface area contributed by atoms with Crippen LogP contribution in [0.3, 0.4) is 0 Å². The molecule has 0 spiro atoms. The lowest BCUT2D eigenvalue weighted by Crippen LogP contribution is -2.37. The number of nitrogens with zero attached hydrogens (tertiary/aromatic N) is 1. The molecule has 10 heteroatoms. The monoisotopic (exact) mass is 1080 g/mol. The highest BCUT2D eigenvalue weighted by Crippen LogP contribution is 2.38. The third-order valence-electron chi connectivity index (χ3n) is 14.7. The quantitative estimate of drug-likeness (QED) is 0.0195. The van der Waals surface area contributed by atoms with Gasteiger partial charge in [0.2, 0.25) is 0 Å². The number of hydrogen-bond acceptors (Lipinski definition) is 8. The van der Waals surface area contributed by atoms with Gasteiger partial charge in [0.15, 0.2) is 6.10 Å². The average Bonchev–Trinajstić information content (AvgIpc) is 3.37. The summed E-state index contributed by atoms with van der Waals surface area (Å²) in [5, 5.41) is 0. The van der Waals surface area contributed by atoms with Crippen molar-refractivity contribution in [2.75, 3.05) is 47.5 Å². The molecule has 75 heavy (non-hydrogen) atoms. The van der Waals surface area contributed by atoms with Crippen LogP contribution < -0.4 is 4.89 Å². The molecule has 0 bridgehead atoms. The Morgan fingerprint density at radius 3 is 1.05 bits per heavy atom. The number of esters is 2. The molecule has 0 aliphatic rings. The number of carbonyl (C=O) groups excluding carboxylic acids is 2. The Balaban J connectivity index is 4.02. The zero-order valence-electron chi connectivity index (χ0n) is 50.5. The second kappa shape index (κ2) is 57.2. The third kappa shape index (κ3) is 61.6. The van der Waals surface area contributed by atoms with E-state index in [1.54, 1.807) is 0 Å². The predicted octanol–water partition coefficient (Wildman–Crippen LogP) is 19.9. The summed E-state index contributed by atoms with van der Waals surface area (Å²) in [6.07, 6.45) is 69.6. The minimum absolute atomic E-state index is 0.0269. The molecule has 0 amide bonds. The van der Waals surface area contributed by atoms with Crippen LogP contribution in [0.25, 0.3) is 0 Å². The van der Waals surface area contributed by atoms with E-state index >= 15 is 0 Å². The van der Waals surface area contributed by atoms with E-state index in [0.29, 0.717) is 17.4 Å². The summed E-state index contributed by atoms with van der Waals surface area (Å²) in [5.41, 5.74) is 0. The van der Waals surface area contributed by atoms with Gasteiger partial charge in [-0.2, -0.15) is 0 Å². The number of hydrogen-bond donors (Lipinski definition) is 0. The minimum atomic E-state index is -4.63. The third-order valence-corrected chi connectivity index (χ3v) is 15.7. The Morgan fingerprint density at radius 1 is 0.413 bits per heavy atom. The summed E-state index contributed by atoms with van der Waals surface area (Å²) in [4.78, 5) is 38.0. The van der Waals surface area contributed by atoms with Crippen molar-refractivity contribution in [1.29, 1.82) is 0 Å². The van der Waals surface area contributed by atoms with Crippen LogP contribution >= 0.6 is 7.82 Å². The van der Waals surface area contributed by atoms with Crippen molar-refractivity contribution in [3.8, 4) is 0 Å². The fourth-order valence-electron chi connectivity index (χ4n) is 9.69. The molecule has 0 aliphatic heterocycles. The molecule has 2 unspecified atom stereocenters. The van der Waals surface area contributed by atoms with Crippen molar-refractivity contribution in [2.24, 2.45) is 0 Å². The SMILES string of the molecule is CCCCCCC/C=C\C/C=C\CCCCCCCCCCCCCCCCCCCCCC(=O)OC(COC(=O)CCCCCCCCCCCCCCCCCCCCCC)COP(=O)([O-])OCC[N+](C)(C)C. The number of rotatable bonds is 61. The number of likely N-dealkylation sites (N-methyl/N-ethyl adjacent to an activating group) is 1. The Kier molecular flexibility index (Phi) is 56.0. The van der Waals surface area contributed by atoms with Crippen LogP contribution in [0.4, 0.5) is 0 Å². The number of phosphoric ester groups is 1. The summed E-state index contributed by atoms with van der Waals surface area (Å²) in [5.74, 6) is -0.811. The molecule has 0 aliphatic carbocycles. The molecule has 0 rings (SSSR count). The first kappa shape index (κ1) is 73.5. The number of carbonyl (C=O) groups is 2. The molecule has 444 valence electrons. The number of allylic oxidation sites excluding steroid dienone is 4. The van der Waals surface area contributed by atoms with Crippen molar-refractivity contribution in [2.45, 2.75) is 335 Å². The van der Waals surface area contributed by atoms with Gasteiger partial charge in [0.25, 0.3) is 7.82 Å². The maximum atomic E-state index is 12.8. The molecule has 0 aromatic heterocycles. The van der Waals surface area contributed by atoms with E-state index in [0.717, 1.165) is 38.5 Å². The highest BCUT2D eigenvalue weighted by molar-refractivity contribution is 7.45. The topological polar surface area (TPSA) is 111 Å². The Morgan fingerprint density at radius 2 is 0.720 bits per heavy atom. The molecule has 0 aromatic carbocycles. The van der Waals surface area contributed by atoms with E-state index in [9.17, 15) is 19.0 Å². The van der Waals surface area contributed by atoms with Gasteiger partial charge in [0, 0.05) is 12.8 Å². The minimum Gasteiger partial charge on any atom is -0.756 e. The number of ether oxygens (including phenoxy) is 2. The lowest BCUT2D eigenvalue weighted by atomic mass is 10.0. The van der Waals surface area contributed by atoms with Gasteiger partial charge < -0.3 is 27.9 Å². The van der Waals surface area contributed by atoms with Gasteiger partial charge in [0.1, 0.15) is 19.8 Å². The standard InChI is InChI=1S/C65H126NO8P/c1-6-8-10-12-14-16-18-20-22-24-26-28-29-30-31-32-33-34-35-36-37-38-40-42-44-46-48-50-52-54-56-58-65(68)74-63(62-73-75(69,70)72-60-59-66(3,4)5)61-71-64(67)57-55-53-51-49-47-45-43-41-39-27-25-23-21-19-17-15-13-11-9-7-2/h18,20,24,26,63H,6-17,19,21-23,25,27-62H2,1-5H3/b20-18-,26-24-. The number of phosphoric acid groups is 1. The Labute approximate surface area is 466 Å². The smallest absolute Gasteiger partial charge is 0.306 e. The maximum absolute atomic E-state index is 12.8. The highest BCUT2D eigenvalue weighted by atomic mass is 31.2. The van der Waals surface area contributed by atoms with E-state index in [1.165, 1.54) is 257 Å². The van der Waals surface area contributed by atoms with Gasteiger partial charge in [0.05, 0.1) is 27.7 Å². The Hall–Kier alpha value is -1.51. The lowest BCUT2D eigenvalue weighted by molar-refractivity contribution is -0.870. The summed E-state index contributed by atoms with van der Waals surface area (Å²) in [7, 11) is 1.19. The van der Waals surface area contributed by atoms with Crippen molar-refractivity contribution in [3.63, 3.8) is 0 Å². The van der Waals surface area contributed by atoms with E-state index < -0.39 is 26.5 Å². The largest absolute Gasteiger partial charge is 0.756 e. The van der Waals surface area contributed by atoms with Gasteiger partial charge >= 0.3 is 11.9 Å². The van der Waals surface area contributed by atoms with E-state index in [-0.39, 0.29) is 32.0 Å². The molecule has 2 atom stereocenters. The fraction of sp³-hybridized carbons (Fsp3) is 0.908.